The van der Waals surface area contributed by atoms with E-state index in [0.717, 1.165) is 0 Å². The van der Waals surface area contributed by atoms with E-state index in [0.29, 0.717) is 28.6 Å². The summed E-state index contributed by atoms with van der Waals surface area (Å²) < 4.78 is 11.4. The normalized spacial score (nSPS) is 13.0. The van der Waals surface area contributed by atoms with E-state index in [4.69, 9.17) is 4.74 Å². The van der Waals surface area contributed by atoms with Crippen LogP contribution >= 0.6 is 0 Å². The van der Waals surface area contributed by atoms with E-state index in [1.54, 1.807) is 19.1 Å². The number of aromatic nitrogens is 2. The molecule has 0 saturated carbocycles. The Kier molecular flexibility index (Phi) is 4.83. The maximum atomic E-state index is 12.6. The second-order valence-corrected chi connectivity index (χ2v) is 4.53. The third-order valence-electron chi connectivity index (χ3n) is 3.11. The summed E-state index contributed by atoms with van der Waals surface area (Å²) in [5.41, 5.74) is 0.384. The molecule has 0 radical (unpaired) electrons. The number of nitrogens with one attached hydrogen (secondary N) is 1. The van der Waals surface area contributed by atoms with Crippen LogP contribution in [0.4, 0.5) is 0 Å². The lowest BCUT2D eigenvalue weighted by Gasteiger charge is -2.00. The van der Waals surface area contributed by atoms with E-state index in [1.165, 1.54) is 17.9 Å². The first-order valence-corrected chi connectivity index (χ1v) is 6.88. The number of aromatic amines is 1. The monoisotopic (exact) mass is 302 g/mol. The van der Waals surface area contributed by atoms with Crippen LogP contribution in [0.1, 0.15) is 13.8 Å². The molecule has 0 spiro atoms. The molecule has 0 atom stereocenters. The molecule has 1 N–H and O–H groups in total. The number of methoxy groups -OCH3 is 1. The third-order valence-corrected chi connectivity index (χ3v) is 3.11. The number of carbonyl (C=O) groups excluding carboxylic acids is 1. The average molecular weight is 302 g/mol. The standard InChI is InChI=1S/C16H18N2O4/c1-4-22-11(2)15-13(10-14(19)21-3)17-18(16(15)20)12-8-6-5-7-9-12/h5-10,17H,4H2,1-3H3/b13-10-,15-11+. The zero-order valence-corrected chi connectivity index (χ0v) is 12.8. The van der Waals surface area contributed by atoms with Gasteiger partial charge in [0, 0.05) is 6.08 Å². The van der Waals surface area contributed by atoms with Crippen LogP contribution < -0.4 is 16.1 Å². The van der Waals surface area contributed by atoms with Crippen molar-refractivity contribution in [3.63, 3.8) is 0 Å². The lowest BCUT2D eigenvalue weighted by atomic mass is 10.3. The predicted molar refractivity (Wildman–Crippen MR) is 82.8 cm³/mol. The highest BCUT2D eigenvalue weighted by Crippen LogP contribution is 2.00. The Balaban J connectivity index is 2.80. The van der Waals surface area contributed by atoms with Crippen molar-refractivity contribution < 1.29 is 14.3 Å². The molecule has 0 amide bonds. The van der Waals surface area contributed by atoms with Crippen LogP contribution in [0.2, 0.25) is 0 Å². The number of hydrogen-bond donors (Lipinski definition) is 1. The Bertz CT molecular complexity index is 831. The number of para-hydroxylation sites is 1. The molecule has 0 aliphatic heterocycles. The van der Waals surface area contributed by atoms with Crippen molar-refractivity contribution >= 4 is 17.8 Å². The quantitative estimate of drug-likeness (QED) is 0.824. The SMILES string of the molecule is CCO/C(C)=c1/c(=O)n(-c2ccccc2)[nH]/c1=C\C(=O)OC. The second-order valence-electron chi connectivity index (χ2n) is 4.53. The van der Waals surface area contributed by atoms with Crippen molar-refractivity contribution in [3.8, 4) is 5.69 Å². The summed E-state index contributed by atoms with van der Waals surface area (Å²) in [6.07, 6.45) is 1.23. The molecular formula is C16H18N2O4. The van der Waals surface area contributed by atoms with Crippen LogP contribution in [0.25, 0.3) is 17.5 Å². The smallest absolute Gasteiger partial charge is 0.332 e. The Morgan fingerprint density at radius 1 is 1.32 bits per heavy atom. The number of ether oxygens (including phenoxy) is 2. The molecule has 0 saturated heterocycles. The van der Waals surface area contributed by atoms with Gasteiger partial charge in [-0.2, -0.15) is 0 Å². The Morgan fingerprint density at radius 3 is 2.59 bits per heavy atom. The topological polar surface area (TPSA) is 73.3 Å². The molecule has 0 aliphatic carbocycles. The minimum atomic E-state index is -0.549. The molecule has 1 aromatic heterocycles. The zero-order chi connectivity index (χ0) is 16.1. The van der Waals surface area contributed by atoms with Crippen molar-refractivity contribution in [1.29, 1.82) is 0 Å². The number of carbonyl (C=O) groups is 1. The van der Waals surface area contributed by atoms with E-state index in [-0.39, 0.29) is 5.56 Å². The van der Waals surface area contributed by atoms with Crippen LogP contribution in [-0.4, -0.2) is 29.5 Å². The first kappa shape index (κ1) is 15.6. The minimum Gasteiger partial charge on any atom is -0.498 e. The first-order valence-electron chi connectivity index (χ1n) is 6.88. The van der Waals surface area contributed by atoms with E-state index >= 15 is 0 Å². The van der Waals surface area contributed by atoms with Crippen LogP contribution in [0.15, 0.2) is 35.1 Å². The fourth-order valence-electron chi connectivity index (χ4n) is 2.12. The number of nitrogens with zero attached hydrogens (tertiary/aromatic N) is 1. The molecule has 0 fully saturated rings. The van der Waals surface area contributed by atoms with Crippen LogP contribution in [-0.2, 0) is 14.3 Å². The van der Waals surface area contributed by atoms with E-state index in [9.17, 15) is 9.59 Å². The second kappa shape index (κ2) is 6.80. The fourth-order valence-corrected chi connectivity index (χ4v) is 2.12. The fraction of sp³-hybridized carbons (Fsp3) is 0.250. The van der Waals surface area contributed by atoms with Crippen molar-refractivity contribution in [3.05, 3.63) is 51.3 Å². The molecule has 116 valence electrons. The summed E-state index contributed by atoms with van der Waals surface area (Å²) in [6, 6.07) is 9.09. The summed E-state index contributed by atoms with van der Waals surface area (Å²) in [4.78, 5) is 24.1. The largest absolute Gasteiger partial charge is 0.498 e. The molecular weight excluding hydrogens is 284 g/mol. The Labute approximate surface area is 127 Å². The van der Waals surface area contributed by atoms with Gasteiger partial charge in [0.25, 0.3) is 5.56 Å². The Hall–Kier alpha value is -2.76. The number of esters is 1. The van der Waals surface area contributed by atoms with E-state index in [1.807, 2.05) is 25.1 Å². The highest BCUT2D eigenvalue weighted by molar-refractivity contribution is 5.99. The van der Waals surface area contributed by atoms with E-state index in [2.05, 4.69) is 9.84 Å². The van der Waals surface area contributed by atoms with Gasteiger partial charge >= 0.3 is 5.97 Å². The molecule has 6 nitrogen and oxygen atoms in total. The minimum absolute atomic E-state index is 0.285. The predicted octanol–water partition coefficient (Wildman–Crippen LogP) is 0.284. The lowest BCUT2D eigenvalue weighted by Crippen LogP contribution is -2.37. The molecule has 1 aromatic carbocycles. The van der Waals surface area contributed by atoms with Gasteiger partial charge in [-0.3, -0.25) is 9.89 Å². The molecule has 1 heterocycles. The van der Waals surface area contributed by atoms with Crippen LogP contribution in [0.3, 0.4) is 0 Å². The van der Waals surface area contributed by atoms with Crippen molar-refractivity contribution in [1.82, 2.24) is 9.78 Å². The van der Waals surface area contributed by atoms with Crippen molar-refractivity contribution in [2.45, 2.75) is 13.8 Å². The summed E-state index contributed by atoms with van der Waals surface area (Å²) >= 11 is 0. The summed E-state index contributed by atoms with van der Waals surface area (Å²) in [5.74, 6) is -0.0967. The third kappa shape index (κ3) is 3.11. The van der Waals surface area contributed by atoms with Gasteiger partial charge in [0.1, 0.15) is 11.0 Å². The molecule has 0 unspecified atom stereocenters. The van der Waals surface area contributed by atoms with Crippen molar-refractivity contribution in [2.75, 3.05) is 13.7 Å². The highest BCUT2D eigenvalue weighted by Gasteiger charge is 2.09. The maximum Gasteiger partial charge on any atom is 0.332 e. The molecule has 2 rings (SSSR count). The number of H-pyrrole nitrogens is 1. The summed E-state index contributed by atoms with van der Waals surface area (Å²) in [5, 5.41) is 3.59. The summed E-state index contributed by atoms with van der Waals surface area (Å²) in [6.45, 7) is 3.95. The maximum absolute atomic E-state index is 12.6. The summed E-state index contributed by atoms with van der Waals surface area (Å²) in [7, 11) is 1.28. The van der Waals surface area contributed by atoms with Gasteiger partial charge in [-0.25, -0.2) is 9.48 Å². The molecule has 0 aliphatic rings. The van der Waals surface area contributed by atoms with Gasteiger partial charge in [0.05, 0.1) is 24.8 Å². The number of benzene rings is 1. The molecule has 2 aromatic rings. The first-order chi connectivity index (χ1) is 10.6. The number of rotatable bonds is 4. The molecule has 6 heteroatoms. The number of hydrogen-bond acceptors (Lipinski definition) is 4. The van der Waals surface area contributed by atoms with Gasteiger partial charge in [-0.15, -0.1) is 0 Å². The van der Waals surface area contributed by atoms with Gasteiger partial charge in [0.15, 0.2) is 0 Å². The lowest BCUT2D eigenvalue weighted by molar-refractivity contribution is -0.133. The Morgan fingerprint density at radius 2 is 2.00 bits per heavy atom. The van der Waals surface area contributed by atoms with Gasteiger partial charge in [-0.1, -0.05) is 18.2 Å². The zero-order valence-electron chi connectivity index (χ0n) is 12.8. The van der Waals surface area contributed by atoms with Gasteiger partial charge < -0.3 is 9.47 Å². The van der Waals surface area contributed by atoms with Gasteiger partial charge in [0.2, 0.25) is 0 Å². The van der Waals surface area contributed by atoms with Crippen LogP contribution in [0, 0.1) is 0 Å². The van der Waals surface area contributed by atoms with Gasteiger partial charge in [-0.05, 0) is 26.0 Å². The van der Waals surface area contributed by atoms with E-state index < -0.39 is 5.97 Å². The molecule has 22 heavy (non-hydrogen) atoms. The van der Waals surface area contributed by atoms with Crippen molar-refractivity contribution in [2.24, 2.45) is 0 Å². The average Bonchev–Trinajstić information content (AvgIpc) is 2.84. The van der Waals surface area contributed by atoms with Crippen LogP contribution in [0.5, 0.6) is 0 Å². The molecule has 0 bridgehead atoms. The highest BCUT2D eigenvalue weighted by atomic mass is 16.5.